The Labute approximate surface area is 157 Å². The second-order valence-corrected chi connectivity index (χ2v) is 6.67. The molecule has 26 heavy (non-hydrogen) atoms. The average molecular weight is 373 g/mol. The molecule has 1 unspecified atom stereocenters. The Hall–Kier alpha value is -2.53. The van der Waals surface area contributed by atoms with Crippen molar-refractivity contribution >= 4 is 34.8 Å². The van der Waals surface area contributed by atoms with Crippen molar-refractivity contribution in [3.05, 3.63) is 53.1 Å². The molecule has 1 fully saturated rings. The lowest BCUT2D eigenvalue weighted by atomic mass is 10.1. The van der Waals surface area contributed by atoms with Crippen LogP contribution in [0.3, 0.4) is 0 Å². The molecule has 2 aromatic rings. The van der Waals surface area contributed by atoms with E-state index >= 15 is 0 Å². The van der Waals surface area contributed by atoms with Crippen LogP contribution in [-0.2, 0) is 16.0 Å². The lowest BCUT2D eigenvalue weighted by Crippen LogP contribution is -2.28. The van der Waals surface area contributed by atoms with Crippen LogP contribution in [0.4, 0.5) is 11.4 Å². The summed E-state index contributed by atoms with van der Waals surface area (Å²) in [5, 5.41) is 3.25. The Bertz CT molecular complexity index is 820. The molecule has 0 saturated carbocycles. The molecule has 3 rings (SSSR count). The maximum atomic E-state index is 12.5. The molecular weight excluding hydrogens is 352 g/mol. The van der Waals surface area contributed by atoms with Crippen molar-refractivity contribution in [3.8, 4) is 5.75 Å². The van der Waals surface area contributed by atoms with Crippen LogP contribution in [0.25, 0.3) is 0 Å². The Balaban J connectivity index is 1.67. The Morgan fingerprint density at radius 1 is 1.27 bits per heavy atom. The van der Waals surface area contributed by atoms with Crippen molar-refractivity contribution in [2.75, 3.05) is 23.9 Å². The summed E-state index contributed by atoms with van der Waals surface area (Å²) < 4.78 is 5.10. The van der Waals surface area contributed by atoms with Crippen LogP contribution in [0.2, 0.25) is 5.02 Å². The standard InChI is InChI=1S/C20H21ClN2O3/c1-3-13-4-7-16(8-5-13)23-12-14(10-19(23)24)20(25)22-15-6-9-18(26-2)17(21)11-15/h4-9,11,14H,3,10,12H2,1-2H3,(H,22,25). The molecule has 1 N–H and O–H groups in total. The summed E-state index contributed by atoms with van der Waals surface area (Å²) in [5.74, 6) is -0.0777. The van der Waals surface area contributed by atoms with E-state index < -0.39 is 5.92 Å². The van der Waals surface area contributed by atoms with Crippen molar-refractivity contribution in [3.63, 3.8) is 0 Å². The normalized spacial score (nSPS) is 16.7. The quantitative estimate of drug-likeness (QED) is 0.865. The first-order valence-electron chi connectivity index (χ1n) is 8.55. The first-order chi connectivity index (χ1) is 12.5. The molecule has 1 heterocycles. The number of carbonyl (C=O) groups excluding carboxylic acids is 2. The molecule has 0 spiro atoms. The number of rotatable bonds is 5. The number of hydrogen-bond donors (Lipinski definition) is 1. The van der Waals surface area contributed by atoms with E-state index in [0.717, 1.165) is 12.1 Å². The van der Waals surface area contributed by atoms with Gasteiger partial charge in [-0.25, -0.2) is 0 Å². The van der Waals surface area contributed by atoms with Crippen LogP contribution in [0, 0.1) is 5.92 Å². The number of methoxy groups -OCH3 is 1. The van der Waals surface area contributed by atoms with Gasteiger partial charge in [0.05, 0.1) is 18.1 Å². The van der Waals surface area contributed by atoms with Crippen molar-refractivity contribution in [1.82, 2.24) is 0 Å². The van der Waals surface area contributed by atoms with Gasteiger partial charge in [-0.05, 0) is 42.3 Å². The van der Waals surface area contributed by atoms with Crippen LogP contribution in [-0.4, -0.2) is 25.5 Å². The molecule has 6 heteroatoms. The zero-order chi connectivity index (χ0) is 18.7. The number of anilines is 2. The predicted molar refractivity (Wildman–Crippen MR) is 103 cm³/mol. The van der Waals surface area contributed by atoms with Crippen LogP contribution in [0.15, 0.2) is 42.5 Å². The van der Waals surface area contributed by atoms with Crippen LogP contribution < -0.4 is 15.0 Å². The summed E-state index contributed by atoms with van der Waals surface area (Å²) in [4.78, 5) is 26.6. The largest absolute Gasteiger partial charge is 0.495 e. The molecule has 1 aliphatic rings. The van der Waals surface area contributed by atoms with Gasteiger partial charge in [-0.2, -0.15) is 0 Å². The van der Waals surface area contributed by atoms with E-state index in [1.165, 1.54) is 12.7 Å². The summed E-state index contributed by atoms with van der Waals surface area (Å²) in [7, 11) is 1.53. The third-order valence-corrected chi connectivity index (χ3v) is 4.87. The second kappa shape index (κ2) is 7.79. The van der Waals surface area contributed by atoms with Gasteiger partial charge in [-0.15, -0.1) is 0 Å². The minimum Gasteiger partial charge on any atom is -0.495 e. The molecule has 136 valence electrons. The molecular formula is C20H21ClN2O3. The first-order valence-corrected chi connectivity index (χ1v) is 8.93. The van der Waals surface area contributed by atoms with Gasteiger partial charge in [0.25, 0.3) is 0 Å². The van der Waals surface area contributed by atoms with Gasteiger partial charge < -0.3 is 15.0 Å². The first kappa shape index (κ1) is 18.3. The number of halogens is 1. The molecule has 1 saturated heterocycles. The van der Waals surface area contributed by atoms with E-state index in [2.05, 4.69) is 12.2 Å². The zero-order valence-corrected chi connectivity index (χ0v) is 15.5. The molecule has 5 nitrogen and oxygen atoms in total. The highest BCUT2D eigenvalue weighted by Crippen LogP contribution is 2.29. The van der Waals surface area contributed by atoms with E-state index in [9.17, 15) is 9.59 Å². The van der Waals surface area contributed by atoms with E-state index in [0.29, 0.717) is 23.0 Å². The summed E-state index contributed by atoms with van der Waals surface area (Å²) in [5.41, 5.74) is 2.63. The summed E-state index contributed by atoms with van der Waals surface area (Å²) in [6.45, 7) is 2.46. The highest BCUT2D eigenvalue weighted by Gasteiger charge is 2.35. The van der Waals surface area contributed by atoms with Crippen molar-refractivity contribution < 1.29 is 14.3 Å². The average Bonchev–Trinajstić information content (AvgIpc) is 3.04. The Morgan fingerprint density at radius 3 is 2.62 bits per heavy atom. The van der Waals surface area contributed by atoms with Gasteiger partial charge in [-0.3, -0.25) is 9.59 Å². The van der Waals surface area contributed by atoms with Crippen LogP contribution >= 0.6 is 11.6 Å². The van der Waals surface area contributed by atoms with Crippen LogP contribution in [0.1, 0.15) is 18.9 Å². The fourth-order valence-electron chi connectivity index (χ4n) is 3.03. The van der Waals surface area contributed by atoms with Gasteiger partial charge >= 0.3 is 0 Å². The third-order valence-electron chi connectivity index (χ3n) is 4.57. The second-order valence-electron chi connectivity index (χ2n) is 6.26. The van der Waals surface area contributed by atoms with E-state index in [1.807, 2.05) is 24.3 Å². The number of carbonyl (C=O) groups is 2. The van der Waals surface area contributed by atoms with Gasteiger partial charge in [0.2, 0.25) is 11.8 Å². The van der Waals surface area contributed by atoms with E-state index in [4.69, 9.17) is 16.3 Å². The van der Waals surface area contributed by atoms with Crippen LogP contribution in [0.5, 0.6) is 5.75 Å². The zero-order valence-electron chi connectivity index (χ0n) is 14.8. The summed E-state index contributed by atoms with van der Waals surface area (Å²) in [6, 6.07) is 12.9. The maximum absolute atomic E-state index is 12.5. The summed E-state index contributed by atoms with van der Waals surface area (Å²) in [6.07, 6.45) is 1.15. The monoisotopic (exact) mass is 372 g/mol. The molecule has 1 atom stereocenters. The lowest BCUT2D eigenvalue weighted by Gasteiger charge is -2.17. The molecule has 2 amide bonds. The molecule has 0 aromatic heterocycles. The fourth-order valence-corrected chi connectivity index (χ4v) is 3.29. The number of ether oxygens (including phenoxy) is 1. The number of nitrogens with zero attached hydrogens (tertiary/aromatic N) is 1. The predicted octanol–water partition coefficient (Wildman–Crippen LogP) is 3.90. The highest BCUT2D eigenvalue weighted by molar-refractivity contribution is 6.32. The number of nitrogens with one attached hydrogen (secondary N) is 1. The minimum atomic E-state index is -0.394. The Kier molecular flexibility index (Phi) is 5.47. The number of benzene rings is 2. The van der Waals surface area contributed by atoms with Crippen molar-refractivity contribution in [2.24, 2.45) is 5.92 Å². The summed E-state index contributed by atoms with van der Waals surface area (Å²) >= 11 is 6.09. The third kappa shape index (κ3) is 3.83. The fraction of sp³-hybridized carbons (Fsp3) is 0.300. The van der Waals surface area contributed by atoms with Crippen molar-refractivity contribution in [2.45, 2.75) is 19.8 Å². The van der Waals surface area contributed by atoms with Gasteiger partial charge in [0.1, 0.15) is 5.75 Å². The molecule has 1 aliphatic heterocycles. The van der Waals surface area contributed by atoms with Gasteiger partial charge in [0, 0.05) is 24.3 Å². The van der Waals surface area contributed by atoms with Crippen molar-refractivity contribution in [1.29, 1.82) is 0 Å². The molecule has 0 radical (unpaired) electrons. The number of hydrogen-bond acceptors (Lipinski definition) is 3. The Morgan fingerprint density at radius 2 is 2.00 bits per heavy atom. The van der Waals surface area contributed by atoms with Gasteiger partial charge in [0.15, 0.2) is 0 Å². The molecule has 2 aromatic carbocycles. The number of aryl methyl sites for hydroxylation is 1. The van der Waals surface area contributed by atoms with E-state index in [1.54, 1.807) is 23.1 Å². The smallest absolute Gasteiger partial charge is 0.229 e. The molecule has 0 bridgehead atoms. The minimum absolute atomic E-state index is 0.0397. The highest BCUT2D eigenvalue weighted by atomic mass is 35.5. The van der Waals surface area contributed by atoms with Gasteiger partial charge in [-0.1, -0.05) is 30.7 Å². The SMILES string of the molecule is CCc1ccc(N2CC(C(=O)Nc3ccc(OC)c(Cl)c3)CC2=O)cc1. The lowest BCUT2D eigenvalue weighted by molar-refractivity contribution is -0.122. The molecule has 0 aliphatic carbocycles. The number of amides is 2. The topological polar surface area (TPSA) is 58.6 Å². The maximum Gasteiger partial charge on any atom is 0.229 e. The van der Waals surface area contributed by atoms with E-state index in [-0.39, 0.29) is 18.2 Å².